The van der Waals surface area contributed by atoms with Gasteiger partial charge in [-0.2, -0.15) is 18.3 Å². The van der Waals surface area contributed by atoms with Gasteiger partial charge in [-0.05, 0) is 42.5 Å². The number of methoxy groups -OCH3 is 1. The van der Waals surface area contributed by atoms with Crippen LogP contribution in [0, 0.1) is 0 Å². The number of nitrogens with one attached hydrogen (secondary N) is 2. The molecule has 1 aromatic heterocycles. The highest BCUT2D eigenvalue weighted by molar-refractivity contribution is 6.07. The molecular formula is C17H12F3N3O3. The zero-order chi connectivity index (χ0) is 18.9. The van der Waals surface area contributed by atoms with E-state index in [4.69, 9.17) is 0 Å². The molecule has 0 aliphatic rings. The van der Waals surface area contributed by atoms with Crippen LogP contribution in [0.3, 0.4) is 0 Å². The predicted octanol–water partition coefficient (Wildman–Crippen LogP) is 3.62. The maximum atomic E-state index is 12.6. The molecule has 2 N–H and O–H groups in total. The molecule has 0 fully saturated rings. The molecule has 1 heterocycles. The summed E-state index contributed by atoms with van der Waals surface area (Å²) in [5.74, 6) is -1.22. The number of hydrogen-bond acceptors (Lipinski definition) is 4. The van der Waals surface area contributed by atoms with E-state index in [1.54, 1.807) is 12.1 Å². The smallest absolute Gasteiger partial charge is 0.416 e. The van der Waals surface area contributed by atoms with Crippen LogP contribution in [0.25, 0.3) is 10.9 Å². The topological polar surface area (TPSA) is 84.1 Å². The lowest BCUT2D eigenvalue weighted by Gasteiger charge is -2.08. The molecule has 0 saturated heterocycles. The van der Waals surface area contributed by atoms with Crippen LogP contribution in [0.2, 0.25) is 0 Å². The fourth-order valence-electron chi connectivity index (χ4n) is 2.36. The Hall–Kier alpha value is -3.36. The predicted molar refractivity (Wildman–Crippen MR) is 86.8 cm³/mol. The van der Waals surface area contributed by atoms with Crippen molar-refractivity contribution < 1.29 is 27.5 Å². The molecule has 26 heavy (non-hydrogen) atoms. The third kappa shape index (κ3) is 3.37. The summed E-state index contributed by atoms with van der Waals surface area (Å²) in [4.78, 5) is 23.9. The van der Waals surface area contributed by atoms with Crippen molar-refractivity contribution in [2.45, 2.75) is 6.18 Å². The van der Waals surface area contributed by atoms with Gasteiger partial charge in [0.25, 0.3) is 5.91 Å². The first-order chi connectivity index (χ1) is 12.3. The average Bonchev–Trinajstić information content (AvgIpc) is 3.03. The molecule has 3 aromatic rings. The van der Waals surface area contributed by atoms with Gasteiger partial charge in [0, 0.05) is 16.6 Å². The molecule has 134 valence electrons. The summed E-state index contributed by atoms with van der Waals surface area (Å²) < 4.78 is 42.3. The minimum atomic E-state index is -4.47. The van der Waals surface area contributed by atoms with E-state index in [2.05, 4.69) is 20.3 Å². The molecule has 0 atom stereocenters. The molecule has 1 amide bonds. The number of fused-ring (bicyclic) bond motifs is 1. The van der Waals surface area contributed by atoms with Crippen molar-refractivity contribution in [3.8, 4) is 0 Å². The Bertz CT molecular complexity index is 978. The highest BCUT2D eigenvalue weighted by atomic mass is 19.4. The summed E-state index contributed by atoms with van der Waals surface area (Å²) in [6.07, 6.45) is -4.47. The Labute approximate surface area is 145 Å². The zero-order valence-corrected chi connectivity index (χ0v) is 13.3. The number of amides is 1. The van der Waals surface area contributed by atoms with E-state index in [0.29, 0.717) is 16.6 Å². The van der Waals surface area contributed by atoms with E-state index in [0.717, 1.165) is 24.3 Å². The number of carbonyl (C=O) groups excluding carboxylic acids is 2. The van der Waals surface area contributed by atoms with E-state index in [-0.39, 0.29) is 11.3 Å². The van der Waals surface area contributed by atoms with Gasteiger partial charge < -0.3 is 10.1 Å². The maximum absolute atomic E-state index is 12.6. The van der Waals surface area contributed by atoms with Gasteiger partial charge in [-0.3, -0.25) is 9.89 Å². The highest BCUT2D eigenvalue weighted by Gasteiger charge is 2.30. The van der Waals surface area contributed by atoms with Crippen molar-refractivity contribution in [1.29, 1.82) is 0 Å². The summed E-state index contributed by atoms with van der Waals surface area (Å²) in [7, 11) is 1.22. The summed E-state index contributed by atoms with van der Waals surface area (Å²) >= 11 is 0. The number of esters is 1. The summed E-state index contributed by atoms with van der Waals surface area (Å²) in [6, 6.07) is 8.56. The van der Waals surface area contributed by atoms with Crippen molar-refractivity contribution in [3.05, 3.63) is 59.3 Å². The van der Waals surface area contributed by atoms with Crippen LogP contribution in [0.4, 0.5) is 18.9 Å². The van der Waals surface area contributed by atoms with Gasteiger partial charge in [-0.15, -0.1) is 0 Å². The van der Waals surface area contributed by atoms with Crippen molar-refractivity contribution in [2.24, 2.45) is 0 Å². The lowest BCUT2D eigenvalue weighted by atomic mass is 10.1. The first-order valence-electron chi connectivity index (χ1n) is 7.34. The molecule has 0 bridgehead atoms. The van der Waals surface area contributed by atoms with Gasteiger partial charge in [-0.25, -0.2) is 4.79 Å². The standard InChI is InChI=1S/C17H12F3N3O3/c1-26-16(25)14-12-8-11(6-7-13(12)22-23-14)21-15(24)9-2-4-10(5-3-9)17(18,19)20/h2-8H,1H3,(H,21,24)(H,22,23). The molecule has 2 aromatic carbocycles. The Morgan fingerprint density at radius 2 is 1.81 bits per heavy atom. The number of nitrogens with zero attached hydrogens (tertiary/aromatic N) is 1. The van der Waals surface area contributed by atoms with Crippen molar-refractivity contribution >= 4 is 28.5 Å². The van der Waals surface area contributed by atoms with E-state index >= 15 is 0 Å². The van der Waals surface area contributed by atoms with Crippen LogP contribution in [0.1, 0.15) is 26.4 Å². The third-order valence-electron chi connectivity index (χ3n) is 3.67. The number of carbonyl (C=O) groups is 2. The van der Waals surface area contributed by atoms with Gasteiger partial charge in [0.05, 0.1) is 18.2 Å². The second-order valence-corrected chi connectivity index (χ2v) is 5.35. The van der Waals surface area contributed by atoms with Crippen LogP contribution in [0.5, 0.6) is 0 Å². The molecule has 3 rings (SSSR count). The molecule has 0 aliphatic carbocycles. The molecule has 6 nitrogen and oxygen atoms in total. The maximum Gasteiger partial charge on any atom is 0.416 e. The monoisotopic (exact) mass is 363 g/mol. The van der Waals surface area contributed by atoms with Gasteiger partial charge in [0.1, 0.15) is 0 Å². The molecule has 0 saturated carbocycles. The molecule has 0 spiro atoms. The average molecular weight is 363 g/mol. The summed E-state index contributed by atoms with van der Waals surface area (Å²) in [6.45, 7) is 0. The SMILES string of the molecule is COC(=O)c1n[nH]c2ccc(NC(=O)c3ccc(C(F)(F)F)cc3)cc12. The largest absolute Gasteiger partial charge is 0.464 e. The normalized spacial score (nSPS) is 11.4. The van der Waals surface area contributed by atoms with E-state index in [9.17, 15) is 22.8 Å². The van der Waals surface area contributed by atoms with Gasteiger partial charge >= 0.3 is 12.1 Å². The number of alkyl halides is 3. The number of H-pyrrole nitrogens is 1. The van der Waals surface area contributed by atoms with Crippen LogP contribution >= 0.6 is 0 Å². The number of aromatic nitrogens is 2. The molecule has 0 unspecified atom stereocenters. The Morgan fingerprint density at radius 3 is 2.42 bits per heavy atom. The summed E-state index contributed by atoms with van der Waals surface area (Å²) in [5.41, 5.74) is 0.218. The molecule has 9 heteroatoms. The Kier molecular flexibility index (Phi) is 4.37. The number of hydrogen-bond donors (Lipinski definition) is 2. The quantitative estimate of drug-likeness (QED) is 0.696. The molecule has 0 radical (unpaired) electrons. The van der Waals surface area contributed by atoms with Crippen LogP contribution in [-0.4, -0.2) is 29.2 Å². The number of benzene rings is 2. The lowest BCUT2D eigenvalue weighted by molar-refractivity contribution is -0.137. The minimum Gasteiger partial charge on any atom is -0.464 e. The van der Waals surface area contributed by atoms with Gasteiger partial charge in [-0.1, -0.05) is 0 Å². The van der Waals surface area contributed by atoms with Crippen molar-refractivity contribution in [1.82, 2.24) is 10.2 Å². The van der Waals surface area contributed by atoms with Crippen molar-refractivity contribution in [2.75, 3.05) is 12.4 Å². The van der Waals surface area contributed by atoms with E-state index < -0.39 is 23.6 Å². The van der Waals surface area contributed by atoms with E-state index in [1.165, 1.54) is 13.2 Å². The van der Waals surface area contributed by atoms with Crippen molar-refractivity contribution in [3.63, 3.8) is 0 Å². The number of ether oxygens (including phenoxy) is 1. The van der Waals surface area contributed by atoms with Gasteiger partial charge in [0.2, 0.25) is 0 Å². The first-order valence-corrected chi connectivity index (χ1v) is 7.34. The third-order valence-corrected chi connectivity index (χ3v) is 3.67. The number of halogens is 3. The minimum absolute atomic E-state index is 0.0631. The second-order valence-electron chi connectivity index (χ2n) is 5.35. The summed E-state index contributed by atoms with van der Waals surface area (Å²) in [5, 5.41) is 9.54. The molecular weight excluding hydrogens is 351 g/mol. The number of aromatic amines is 1. The second kappa shape index (κ2) is 6.51. The highest BCUT2D eigenvalue weighted by Crippen LogP contribution is 2.29. The Balaban J connectivity index is 1.84. The Morgan fingerprint density at radius 1 is 1.12 bits per heavy atom. The fraction of sp³-hybridized carbons (Fsp3) is 0.118. The fourth-order valence-corrected chi connectivity index (χ4v) is 2.36. The first kappa shape index (κ1) is 17.5. The van der Waals surface area contributed by atoms with Crippen LogP contribution in [-0.2, 0) is 10.9 Å². The number of anilines is 1. The van der Waals surface area contributed by atoms with Crippen LogP contribution in [0.15, 0.2) is 42.5 Å². The number of rotatable bonds is 3. The van der Waals surface area contributed by atoms with E-state index in [1.807, 2.05) is 0 Å². The zero-order valence-electron chi connectivity index (χ0n) is 13.3. The van der Waals surface area contributed by atoms with Crippen LogP contribution < -0.4 is 5.32 Å². The molecule has 0 aliphatic heterocycles. The van der Waals surface area contributed by atoms with Gasteiger partial charge in [0.15, 0.2) is 5.69 Å². The lowest BCUT2D eigenvalue weighted by Crippen LogP contribution is -2.13.